The molecule has 0 aromatic heterocycles. The van der Waals surface area contributed by atoms with Crippen LogP contribution in [0.5, 0.6) is 0 Å². The zero-order chi connectivity index (χ0) is 22.9. The van der Waals surface area contributed by atoms with Crippen LogP contribution < -0.4 is 0 Å². The molecule has 4 rings (SSSR count). The minimum Gasteiger partial charge on any atom is -0.468 e. The number of carbonyl (C=O) groups is 2. The maximum Gasteiger partial charge on any atom is 0.327 e. The highest BCUT2D eigenvalue weighted by atomic mass is 35.5. The molecule has 0 saturated carbocycles. The number of ether oxygens (including phenoxy) is 1. The first kappa shape index (κ1) is 22.5. The molecule has 3 heterocycles. The zero-order valence-electron chi connectivity index (χ0n) is 17.5. The number of benzene rings is 1. The third-order valence-electron chi connectivity index (χ3n) is 5.68. The van der Waals surface area contributed by atoms with Crippen LogP contribution in [0.2, 0.25) is 5.02 Å². The third kappa shape index (κ3) is 4.43. The molecule has 9 nitrogen and oxygen atoms in total. The molecule has 11 heteroatoms. The molecular weight excluding hydrogens is 456 g/mol. The van der Waals surface area contributed by atoms with E-state index in [4.69, 9.17) is 16.3 Å². The van der Waals surface area contributed by atoms with Gasteiger partial charge in [0.15, 0.2) is 5.84 Å². The normalized spacial score (nSPS) is 21.3. The molecule has 1 atom stereocenters. The van der Waals surface area contributed by atoms with E-state index < -0.39 is 22.0 Å². The van der Waals surface area contributed by atoms with Crippen LogP contribution in [0.15, 0.2) is 52.6 Å². The van der Waals surface area contributed by atoms with Crippen molar-refractivity contribution in [3.63, 3.8) is 0 Å². The largest absolute Gasteiger partial charge is 0.468 e. The van der Waals surface area contributed by atoms with E-state index in [1.165, 1.54) is 7.11 Å². The van der Waals surface area contributed by atoms with Crippen molar-refractivity contribution in [1.82, 2.24) is 14.7 Å². The first-order valence-corrected chi connectivity index (χ1v) is 12.1. The number of fused-ring (bicyclic) bond motifs is 1. The second-order valence-electron chi connectivity index (χ2n) is 7.59. The van der Waals surface area contributed by atoms with Gasteiger partial charge in [-0.2, -0.15) is 0 Å². The Labute approximate surface area is 191 Å². The number of esters is 1. The Morgan fingerprint density at radius 1 is 1.12 bits per heavy atom. The Hall–Kier alpha value is -2.69. The molecular formula is C21H23ClN4O5S. The van der Waals surface area contributed by atoms with Crippen LogP contribution in [0.1, 0.15) is 11.6 Å². The zero-order valence-corrected chi connectivity index (χ0v) is 19.1. The van der Waals surface area contributed by atoms with Crippen LogP contribution in [0, 0.1) is 0 Å². The molecule has 32 heavy (non-hydrogen) atoms. The van der Waals surface area contributed by atoms with E-state index in [-0.39, 0.29) is 29.6 Å². The first-order chi connectivity index (χ1) is 15.3. The van der Waals surface area contributed by atoms with Crippen molar-refractivity contribution in [1.29, 1.82) is 0 Å². The van der Waals surface area contributed by atoms with Crippen LogP contribution in [0.4, 0.5) is 0 Å². The third-order valence-corrected chi connectivity index (χ3v) is 7.17. The number of amidine groups is 1. The van der Waals surface area contributed by atoms with E-state index in [1.54, 1.807) is 46.4 Å². The lowest BCUT2D eigenvalue weighted by atomic mass is 10.0. The number of nitrogens with zero attached hydrogens (tertiary/aromatic N) is 4. The van der Waals surface area contributed by atoms with Crippen LogP contribution in [-0.4, -0.2) is 86.4 Å². The minimum atomic E-state index is -3.59. The predicted octanol–water partition coefficient (Wildman–Crippen LogP) is 1.20. The Morgan fingerprint density at radius 3 is 2.53 bits per heavy atom. The second-order valence-corrected chi connectivity index (χ2v) is 9.75. The average molecular weight is 479 g/mol. The van der Waals surface area contributed by atoms with Gasteiger partial charge >= 0.3 is 5.97 Å². The smallest absolute Gasteiger partial charge is 0.327 e. The van der Waals surface area contributed by atoms with Crippen molar-refractivity contribution in [3.05, 3.63) is 58.8 Å². The van der Waals surface area contributed by atoms with Gasteiger partial charge in [0.1, 0.15) is 6.04 Å². The van der Waals surface area contributed by atoms with E-state index in [0.29, 0.717) is 36.8 Å². The summed E-state index contributed by atoms with van der Waals surface area (Å²) in [4.78, 5) is 31.0. The van der Waals surface area contributed by atoms with Gasteiger partial charge in [0.05, 0.1) is 18.4 Å². The van der Waals surface area contributed by atoms with Gasteiger partial charge in [-0.05, 0) is 23.8 Å². The summed E-state index contributed by atoms with van der Waals surface area (Å²) < 4.78 is 32.8. The number of piperazine rings is 1. The monoisotopic (exact) mass is 478 g/mol. The van der Waals surface area contributed by atoms with Gasteiger partial charge in [-0.3, -0.25) is 9.69 Å². The number of carbonyl (C=O) groups excluding carboxylic acids is 2. The Balaban J connectivity index is 1.50. The van der Waals surface area contributed by atoms with Crippen LogP contribution in [0.3, 0.4) is 0 Å². The lowest BCUT2D eigenvalue weighted by molar-refractivity contribution is -0.148. The summed E-state index contributed by atoms with van der Waals surface area (Å²) in [5.74, 6) is -0.634. The van der Waals surface area contributed by atoms with Crippen LogP contribution in [0.25, 0.3) is 0 Å². The van der Waals surface area contributed by atoms with E-state index in [1.807, 2.05) is 11.0 Å². The SMILES string of the molecule is COC(=O)C(c1ccccc1Cl)N1CCN(C(=O)C2=CC=CN3CCS(=O)(=O)N=C23)CC1. The number of allylic oxidation sites excluding steroid dienone is 2. The molecule has 1 amide bonds. The van der Waals surface area contributed by atoms with E-state index in [0.717, 1.165) is 0 Å². The standard InChI is InChI=1S/C21H23ClN4O5S/c1-31-21(28)18(15-5-2-3-7-17(15)22)24-9-11-26(12-10-24)20(27)16-6-4-8-25-13-14-32(29,30)23-19(16)25/h2-8,18H,9-14H2,1H3. The molecule has 0 radical (unpaired) electrons. The van der Waals surface area contributed by atoms with Gasteiger partial charge < -0.3 is 14.5 Å². The highest BCUT2D eigenvalue weighted by Gasteiger charge is 2.36. The number of hydrogen-bond donors (Lipinski definition) is 0. The maximum atomic E-state index is 13.2. The van der Waals surface area contributed by atoms with Gasteiger partial charge in [0, 0.05) is 43.9 Å². The molecule has 1 fully saturated rings. The molecule has 170 valence electrons. The highest BCUT2D eigenvalue weighted by Crippen LogP contribution is 2.30. The fraction of sp³-hybridized carbons (Fsp3) is 0.381. The molecule has 0 aliphatic carbocycles. The molecule has 1 saturated heterocycles. The number of methoxy groups -OCH3 is 1. The summed E-state index contributed by atoms with van der Waals surface area (Å²) >= 11 is 6.33. The van der Waals surface area contributed by atoms with Crippen molar-refractivity contribution in [2.75, 3.05) is 45.6 Å². The van der Waals surface area contributed by atoms with E-state index in [2.05, 4.69) is 4.40 Å². The van der Waals surface area contributed by atoms with E-state index >= 15 is 0 Å². The maximum absolute atomic E-state index is 13.2. The topological polar surface area (TPSA) is 99.6 Å². The lowest BCUT2D eigenvalue weighted by Gasteiger charge is -2.39. The fourth-order valence-electron chi connectivity index (χ4n) is 4.02. The second kappa shape index (κ2) is 9.05. The molecule has 0 N–H and O–H groups in total. The summed E-state index contributed by atoms with van der Waals surface area (Å²) in [5.41, 5.74) is 0.901. The Morgan fingerprint density at radius 2 is 1.84 bits per heavy atom. The van der Waals surface area contributed by atoms with Gasteiger partial charge in [0.2, 0.25) is 0 Å². The molecule has 0 bridgehead atoms. The number of rotatable bonds is 4. The van der Waals surface area contributed by atoms with Crippen LogP contribution >= 0.6 is 11.6 Å². The molecule has 1 aromatic carbocycles. The minimum absolute atomic E-state index is 0.0854. The summed E-state index contributed by atoms with van der Waals surface area (Å²) in [6.07, 6.45) is 5.02. The summed E-state index contributed by atoms with van der Waals surface area (Å²) in [5, 5.41) is 0.470. The van der Waals surface area contributed by atoms with Crippen molar-refractivity contribution in [2.45, 2.75) is 6.04 Å². The summed E-state index contributed by atoms with van der Waals surface area (Å²) in [7, 11) is -2.26. The quantitative estimate of drug-likeness (QED) is 0.599. The average Bonchev–Trinajstić information content (AvgIpc) is 2.79. The number of hydrogen-bond acceptors (Lipinski definition) is 7. The van der Waals surface area contributed by atoms with Gasteiger partial charge in [-0.25, -0.2) is 13.2 Å². The summed E-state index contributed by atoms with van der Waals surface area (Å²) in [6.45, 7) is 1.83. The number of halogens is 1. The molecule has 3 aliphatic heterocycles. The number of amides is 1. The van der Waals surface area contributed by atoms with Crippen molar-refractivity contribution < 1.29 is 22.7 Å². The fourth-order valence-corrected chi connectivity index (χ4v) is 5.24. The van der Waals surface area contributed by atoms with Crippen molar-refractivity contribution >= 4 is 39.3 Å². The first-order valence-electron chi connectivity index (χ1n) is 10.1. The van der Waals surface area contributed by atoms with Crippen molar-refractivity contribution in [2.24, 2.45) is 4.40 Å². The van der Waals surface area contributed by atoms with Crippen molar-refractivity contribution in [3.8, 4) is 0 Å². The predicted molar refractivity (Wildman–Crippen MR) is 120 cm³/mol. The number of sulfonamides is 1. The molecule has 1 unspecified atom stereocenters. The van der Waals surface area contributed by atoms with Gasteiger partial charge in [0.25, 0.3) is 15.9 Å². The summed E-state index contributed by atoms with van der Waals surface area (Å²) in [6, 6.07) is 6.44. The molecule has 1 aromatic rings. The van der Waals surface area contributed by atoms with Crippen LogP contribution in [-0.2, 0) is 24.3 Å². The highest BCUT2D eigenvalue weighted by molar-refractivity contribution is 7.90. The lowest BCUT2D eigenvalue weighted by Crippen LogP contribution is -2.52. The van der Waals surface area contributed by atoms with Gasteiger partial charge in [-0.15, -0.1) is 4.40 Å². The van der Waals surface area contributed by atoms with E-state index in [9.17, 15) is 18.0 Å². The van der Waals surface area contributed by atoms with Gasteiger partial charge in [-0.1, -0.05) is 29.8 Å². The Kier molecular flexibility index (Phi) is 6.36. The molecule has 0 spiro atoms. The molecule has 3 aliphatic rings. The Bertz CT molecular complexity index is 1120.